The van der Waals surface area contributed by atoms with Crippen LogP contribution in [-0.2, 0) is 16.6 Å². The fraction of sp³-hybridized carbons (Fsp3) is 0.286. The molecule has 1 amide bonds. The molecule has 0 unspecified atom stereocenters. The standard InChI is InChI=1S/C21H24N4O3/c1-21(2,3)17-11-18(25-28-17)24-19(26)9-13-5-7-14(8-6-13)15-10-16(27-4)20(22)23-12-15/h5-8,10-12H,9H2,1-4H3,(H2,22,23)(H,24,25,26). The third-order valence-corrected chi connectivity index (χ3v) is 4.27. The van der Waals surface area contributed by atoms with Crippen LogP contribution in [0.5, 0.6) is 5.75 Å². The smallest absolute Gasteiger partial charge is 0.230 e. The van der Waals surface area contributed by atoms with Crippen molar-refractivity contribution in [1.29, 1.82) is 0 Å². The van der Waals surface area contributed by atoms with Gasteiger partial charge >= 0.3 is 0 Å². The minimum atomic E-state index is -0.161. The Balaban J connectivity index is 1.65. The van der Waals surface area contributed by atoms with Crippen molar-refractivity contribution in [2.45, 2.75) is 32.6 Å². The van der Waals surface area contributed by atoms with Gasteiger partial charge in [-0.1, -0.05) is 50.2 Å². The number of aromatic nitrogens is 2. The zero-order valence-electron chi connectivity index (χ0n) is 16.4. The van der Waals surface area contributed by atoms with Crippen LogP contribution in [0.25, 0.3) is 11.1 Å². The number of hydrogen-bond acceptors (Lipinski definition) is 6. The van der Waals surface area contributed by atoms with Crippen LogP contribution in [0.15, 0.2) is 47.1 Å². The van der Waals surface area contributed by atoms with Crippen molar-refractivity contribution >= 4 is 17.5 Å². The summed E-state index contributed by atoms with van der Waals surface area (Å²) in [5.74, 6) is 1.87. The molecule has 1 aromatic carbocycles. The van der Waals surface area contributed by atoms with E-state index in [9.17, 15) is 4.79 Å². The summed E-state index contributed by atoms with van der Waals surface area (Å²) in [4.78, 5) is 16.4. The zero-order chi connectivity index (χ0) is 20.3. The van der Waals surface area contributed by atoms with E-state index < -0.39 is 0 Å². The maximum absolute atomic E-state index is 12.3. The first kappa shape index (κ1) is 19.4. The highest BCUT2D eigenvalue weighted by atomic mass is 16.5. The van der Waals surface area contributed by atoms with Crippen LogP contribution in [0.4, 0.5) is 11.6 Å². The number of carbonyl (C=O) groups excluding carboxylic acids is 1. The molecule has 0 atom stereocenters. The van der Waals surface area contributed by atoms with Crippen molar-refractivity contribution in [2.75, 3.05) is 18.2 Å². The summed E-state index contributed by atoms with van der Waals surface area (Å²) in [6.45, 7) is 6.06. The van der Waals surface area contributed by atoms with E-state index in [2.05, 4.69) is 15.5 Å². The van der Waals surface area contributed by atoms with E-state index in [0.29, 0.717) is 17.4 Å². The van der Waals surface area contributed by atoms with Gasteiger partial charge in [-0.15, -0.1) is 0 Å². The molecule has 146 valence electrons. The fourth-order valence-corrected chi connectivity index (χ4v) is 2.65. The van der Waals surface area contributed by atoms with Crippen LogP contribution in [-0.4, -0.2) is 23.2 Å². The number of amides is 1. The second kappa shape index (κ2) is 7.72. The molecular weight excluding hydrogens is 356 g/mol. The Labute approximate surface area is 163 Å². The number of rotatable bonds is 5. The Morgan fingerprint density at radius 3 is 2.50 bits per heavy atom. The highest BCUT2D eigenvalue weighted by Gasteiger charge is 2.20. The molecule has 2 aromatic heterocycles. The van der Waals surface area contributed by atoms with Gasteiger partial charge in [0.05, 0.1) is 13.5 Å². The Morgan fingerprint density at radius 1 is 1.18 bits per heavy atom. The van der Waals surface area contributed by atoms with Crippen LogP contribution >= 0.6 is 0 Å². The second-order valence-electron chi connectivity index (χ2n) is 7.56. The monoisotopic (exact) mass is 380 g/mol. The van der Waals surface area contributed by atoms with E-state index in [1.807, 2.05) is 51.1 Å². The Bertz CT molecular complexity index is 972. The highest BCUT2D eigenvalue weighted by molar-refractivity contribution is 5.91. The van der Waals surface area contributed by atoms with Crippen molar-refractivity contribution in [1.82, 2.24) is 10.1 Å². The summed E-state index contributed by atoms with van der Waals surface area (Å²) in [6.07, 6.45) is 1.93. The molecule has 0 saturated carbocycles. The predicted octanol–water partition coefficient (Wildman–Crippen LogP) is 3.81. The lowest BCUT2D eigenvalue weighted by molar-refractivity contribution is -0.115. The maximum Gasteiger partial charge on any atom is 0.230 e. The predicted molar refractivity (Wildman–Crippen MR) is 108 cm³/mol. The average molecular weight is 380 g/mol. The molecule has 3 aromatic rings. The first-order valence-electron chi connectivity index (χ1n) is 8.92. The summed E-state index contributed by atoms with van der Waals surface area (Å²) in [7, 11) is 1.55. The summed E-state index contributed by atoms with van der Waals surface area (Å²) in [5, 5.41) is 6.67. The summed E-state index contributed by atoms with van der Waals surface area (Å²) < 4.78 is 10.5. The minimum Gasteiger partial charge on any atom is -0.493 e. The van der Waals surface area contributed by atoms with Crippen LogP contribution in [0.1, 0.15) is 32.1 Å². The van der Waals surface area contributed by atoms with Crippen molar-refractivity contribution in [3.63, 3.8) is 0 Å². The van der Waals surface area contributed by atoms with Gasteiger partial charge in [0.2, 0.25) is 5.91 Å². The third-order valence-electron chi connectivity index (χ3n) is 4.27. The van der Waals surface area contributed by atoms with E-state index in [1.54, 1.807) is 19.4 Å². The Morgan fingerprint density at radius 2 is 1.89 bits per heavy atom. The number of anilines is 2. The molecule has 3 rings (SSSR count). The molecule has 0 saturated heterocycles. The van der Waals surface area contributed by atoms with Gasteiger partial charge in [-0.05, 0) is 17.2 Å². The quantitative estimate of drug-likeness (QED) is 0.698. The van der Waals surface area contributed by atoms with Crippen LogP contribution in [0.2, 0.25) is 0 Å². The molecule has 0 bridgehead atoms. The number of nitrogens with two attached hydrogens (primary N) is 1. The Hall–Kier alpha value is -3.35. The first-order valence-corrected chi connectivity index (χ1v) is 8.92. The first-order chi connectivity index (χ1) is 13.3. The van der Waals surface area contributed by atoms with Gasteiger partial charge in [0.25, 0.3) is 0 Å². The lowest BCUT2D eigenvalue weighted by Crippen LogP contribution is -2.14. The summed E-state index contributed by atoms with van der Waals surface area (Å²) in [6, 6.07) is 11.3. The molecule has 0 radical (unpaired) electrons. The molecule has 0 aliphatic rings. The van der Waals surface area contributed by atoms with Crippen LogP contribution in [0, 0.1) is 0 Å². The molecule has 0 spiro atoms. The number of nitrogen functional groups attached to an aromatic ring is 1. The minimum absolute atomic E-state index is 0.155. The summed E-state index contributed by atoms with van der Waals surface area (Å²) >= 11 is 0. The van der Waals surface area contributed by atoms with E-state index in [4.69, 9.17) is 15.0 Å². The number of pyridine rings is 1. The van der Waals surface area contributed by atoms with Crippen molar-refractivity contribution in [3.05, 3.63) is 53.9 Å². The molecule has 0 fully saturated rings. The topological polar surface area (TPSA) is 103 Å². The molecule has 7 nitrogen and oxygen atoms in total. The number of methoxy groups -OCH3 is 1. The molecular formula is C21H24N4O3. The van der Waals surface area contributed by atoms with Crippen molar-refractivity contribution < 1.29 is 14.1 Å². The van der Waals surface area contributed by atoms with Gasteiger partial charge in [-0.25, -0.2) is 4.98 Å². The van der Waals surface area contributed by atoms with Crippen molar-refractivity contribution in [2.24, 2.45) is 0 Å². The number of nitrogens with zero attached hydrogens (tertiary/aromatic N) is 2. The van der Waals surface area contributed by atoms with Crippen LogP contribution in [0.3, 0.4) is 0 Å². The number of hydrogen-bond donors (Lipinski definition) is 2. The summed E-state index contributed by atoms with van der Waals surface area (Å²) in [5.41, 5.74) is 8.33. The van der Waals surface area contributed by atoms with Crippen molar-refractivity contribution in [3.8, 4) is 16.9 Å². The average Bonchev–Trinajstić information content (AvgIpc) is 3.11. The number of carbonyl (C=O) groups is 1. The molecule has 7 heteroatoms. The molecule has 28 heavy (non-hydrogen) atoms. The normalized spacial score (nSPS) is 11.3. The lowest BCUT2D eigenvalue weighted by atomic mass is 9.93. The van der Waals surface area contributed by atoms with E-state index in [-0.39, 0.29) is 17.7 Å². The highest BCUT2D eigenvalue weighted by Crippen LogP contribution is 2.27. The van der Waals surface area contributed by atoms with Gasteiger partial charge in [0, 0.05) is 23.2 Å². The van der Waals surface area contributed by atoms with Gasteiger partial charge < -0.3 is 20.3 Å². The third kappa shape index (κ3) is 4.49. The van der Waals surface area contributed by atoms with Crippen LogP contribution < -0.4 is 15.8 Å². The fourth-order valence-electron chi connectivity index (χ4n) is 2.65. The molecule has 0 aliphatic carbocycles. The van der Waals surface area contributed by atoms with E-state index >= 15 is 0 Å². The lowest BCUT2D eigenvalue weighted by Gasteiger charge is -2.12. The van der Waals surface area contributed by atoms with Gasteiger partial charge in [0.15, 0.2) is 17.4 Å². The maximum atomic E-state index is 12.3. The second-order valence-corrected chi connectivity index (χ2v) is 7.56. The number of nitrogens with one attached hydrogen (secondary N) is 1. The zero-order valence-corrected chi connectivity index (χ0v) is 16.4. The molecule has 0 aliphatic heterocycles. The molecule has 3 N–H and O–H groups in total. The Kier molecular flexibility index (Phi) is 5.35. The van der Waals surface area contributed by atoms with E-state index in [1.165, 1.54) is 0 Å². The largest absolute Gasteiger partial charge is 0.493 e. The SMILES string of the molecule is COc1cc(-c2ccc(CC(=O)Nc3cc(C(C)(C)C)on3)cc2)cnc1N. The van der Waals surface area contributed by atoms with Gasteiger partial charge in [-0.3, -0.25) is 4.79 Å². The number of ether oxygens (including phenoxy) is 1. The van der Waals surface area contributed by atoms with E-state index in [0.717, 1.165) is 22.5 Å². The van der Waals surface area contributed by atoms with Gasteiger partial charge in [-0.2, -0.15) is 0 Å². The molecule has 2 heterocycles. The number of benzene rings is 1. The van der Waals surface area contributed by atoms with Gasteiger partial charge in [0.1, 0.15) is 5.76 Å².